The van der Waals surface area contributed by atoms with E-state index in [1.54, 1.807) is 6.92 Å². The number of imide groups is 1. The van der Waals surface area contributed by atoms with Crippen molar-refractivity contribution in [1.82, 2.24) is 10.2 Å². The van der Waals surface area contributed by atoms with Gasteiger partial charge in [0, 0.05) is 6.04 Å². The van der Waals surface area contributed by atoms with Gasteiger partial charge in [0.05, 0.1) is 19.0 Å². The molecule has 1 fully saturated rings. The van der Waals surface area contributed by atoms with Crippen LogP contribution in [0, 0.1) is 0 Å². The van der Waals surface area contributed by atoms with Crippen molar-refractivity contribution in [2.75, 3.05) is 6.54 Å². The fourth-order valence-electron chi connectivity index (χ4n) is 1.69. The Morgan fingerprint density at radius 1 is 1.50 bits per heavy atom. The van der Waals surface area contributed by atoms with Crippen LogP contribution in [0.5, 0.6) is 0 Å². The van der Waals surface area contributed by atoms with Crippen molar-refractivity contribution in [1.29, 1.82) is 0 Å². The Balaban J connectivity index is 2.60. The van der Waals surface area contributed by atoms with Gasteiger partial charge in [-0.05, 0) is 13.3 Å². The van der Waals surface area contributed by atoms with Crippen LogP contribution in [-0.4, -0.2) is 41.8 Å². The van der Waals surface area contributed by atoms with Gasteiger partial charge < -0.3 is 0 Å². The summed E-state index contributed by atoms with van der Waals surface area (Å²) in [5, 5.41) is 2.41. The van der Waals surface area contributed by atoms with E-state index in [1.165, 1.54) is 4.90 Å². The molecule has 1 saturated heterocycles. The van der Waals surface area contributed by atoms with Gasteiger partial charge in [-0.2, -0.15) is 0 Å². The molecule has 1 rings (SSSR count). The van der Waals surface area contributed by atoms with Gasteiger partial charge >= 0.3 is 0 Å². The Bertz CT molecular complexity index is 284. The number of amides is 2. The Morgan fingerprint density at radius 3 is 2.62 bits per heavy atom. The first-order valence-corrected chi connectivity index (χ1v) is 5.34. The van der Waals surface area contributed by atoms with E-state index >= 15 is 0 Å². The number of carbonyl (C=O) groups is 2. The number of hydrogen-bond donors (Lipinski definition) is 1. The molecule has 6 heteroatoms. The van der Waals surface area contributed by atoms with Crippen LogP contribution in [0.4, 0.5) is 8.78 Å². The minimum Gasteiger partial charge on any atom is -0.300 e. The molecule has 0 aliphatic carbocycles. The molecule has 0 saturated carbocycles. The van der Waals surface area contributed by atoms with Crippen molar-refractivity contribution in [3.05, 3.63) is 0 Å². The number of nitrogens with one attached hydrogen (secondary N) is 1. The first-order valence-electron chi connectivity index (χ1n) is 5.34. The van der Waals surface area contributed by atoms with Gasteiger partial charge in [0.25, 0.3) is 6.43 Å². The molecule has 1 aliphatic rings. The van der Waals surface area contributed by atoms with Gasteiger partial charge in [0.1, 0.15) is 0 Å². The van der Waals surface area contributed by atoms with E-state index in [1.807, 2.05) is 6.92 Å². The maximum absolute atomic E-state index is 12.0. The minimum absolute atomic E-state index is 0.0180. The van der Waals surface area contributed by atoms with Gasteiger partial charge in [-0.3, -0.25) is 19.8 Å². The van der Waals surface area contributed by atoms with Crippen molar-refractivity contribution in [2.24, 2.45) is 0 Å². The summed E-state index contributed by atoms with van der Waals surface area (Å²) in [5.74, 6) is -0.675. The summed E-state index contributed by atoms with van der Waals surface area (Å²) in [7, 11) is 0. The molecular formula is C10H16F2N2O2. The van der Waals surface area contributed by atoms with E-state index in [2.05, 4.69) is 5.32 Å². The van der Waals surface area contributed by atoms with Crippen LogP contribution < -0.4 is 5.32 Å². The maximum Gasteiger partial charge on any atom is 0.250 e. The summed E-state index contributed by atoms with van der Waals surface area (Å²) >= 11 is 0. The van der Waals surface area contributed by atoms with Crippen molar-refractivity contribution in [2.45, 2.75) is 45.2 Å². The van der Waals surface area contributed by atoms with Crippen molar-refractivity contribution in [3.63, 3.8) is 0 Å². The van der Waals surface area contributed by atoms with E-state index in [9.17, 15) is 18.4 Å². The van der Waals surface area contributed by atoms with Crippen LogP contribution in [0.25, 0.3) is 0 Å². The lowest BCUT2D eigenvalue weighted by Gasteiger charge is -2.21. The molecule has 0 bridgehead atoms. The minimum atomic E-state index is -2.51. The van der Waals surface area contributed by atoms with Crippen molar-refractivity contribution >= 4 is 11.8 Å². The summed E-state index contributed by atoms with van der Waals surface area (Å²) < 4.78 is 23.9. The highest BCUT2D eigenvalue weighted by Gasteiger charge is 2.40. The molecule has 2 unspecified atom stereocenters. The molecule has 16 heavy (non-hydrogen) atoms. The first kappa shape index (κ1) is 13.0. The molecular weight excluding hydrogens is 218 g/mol. The van der Waals surface area contributed by atoms with E-state index in [0.29, 0.717) is 6.42 Å². The van der Waals surface area contributed by atoms with Crippen LogP contribution in [0.1, 0.15) is 26.7 Å². The average molecular weight is 234 g/mol. The third kappa shape index (κ3) is 2.75. The van der Waals surface area contributed by atoms with Crippen molar-refractivity contribution < 1.29 is 18.4 Å². The highest BCUT2D eigenvalue weighted by molar-refractivity contribution is 6.05. The standard InChI is InChI=1S/C10H16F2N2O2/c1-3-6(2)14-9(15)4-7(10(14)16)13-5-8(11)12/h6-8,13H,3-5H2,1-2H3. The number of rotatable bonds is 5. The molecule has 0 spiro atoms. The molecule has 2 atom stereocenters. The summed E-state index contributed by atoms with van der Waals surface area (Å²) in [6.07, 6.45) is -1.87. The predicted molar refractivity (Wildman–Crippen MR) is 54.0 cm³/mol. The topological polar surface area (TPSA) is 49.4 Å². The molecule has 0 radical (unpaired) electrons. The van der Waals surface area contributed by atoms with Crippen LogP contribution in [0.2, 0.25) is 0 Å². The number of carbonyl (C=O) groups excluding carboxylic acids is 2. The Morgan fingerprint density at radius 2 is 2.12 bits per heavy atom. The van der Waals surface area contributed by atoms with E-state index in [-0.39, 0.29) is 24.3 Å². The maximum atomic E-state index is 12.0. The van der Waals surface area contributed by atoms with Crippen LogP contribution in [0.3, 0.4) is 0 Å². The molecule has 1 N–H and O–H groups in total. The summed E-state index contributed by atoms with van der Waals surface area (Å²) in [6, 6.07) is -0.950. The summed E-state index contributed by atoms with van der Waals surface area (Å²) in [5.41, 5.74) is 0. The van der Waals surface area contributed by atoms with Gasteiger partial charge in [0.15, 0.2) is 0 Å². The normalized spacial score (nSPS) is 23.3. The van der Waals surface area contributed by atoms with Crippen LogP contribution in [0.15, 0.2) is 0 Å². The lowest BCUT2D eigenvalue weighted by atomic mass is 10.2. The zero-order valence-electron chi connectivity index (χ0n) is 9.37. The zero-order chi connectivity index (χ0) is 12.3. The van der Waals surface area contributed by atoms with E-state index in [0.717, 1.165) is 0 Å². The number of hydrogen-bond acceptors (Lipinski definition) is 3. The summed E-state index contributed by atoms with van der Waals surface area (Å²) in [6.45, 7) is 3.08. The number of likely N-dealkylation sites (tertiary alicyclic amines) is 1. The number of nitrogens with zero attached hydrogens (tertiary/aromatic N) is 1. The highest BCUT2D eigenvalue weighted by atomic mass is 19.3. The monoisotopic (exact) mass is 234 g/mol. The van der Waals surface area contributed by atoms with Crippen LogP contribution >= 0.6 is 0 Å². The third-order valence-corrected chi connectivity index (χ3v) is 2.73. The zero-order valence-corrected chi connectivity index (χ0v) is 9.37. The van der Waals surface area contributed by atoms with Crippen LogP contribution in [-0.2, 0) is 9.59 Å². The predicted octanol–water partition coefficient (Wildman–Crippen LogP) is 0.767. The lowest BCUT2D eigenvalue weighted by molar-refractivity contribution is -0.141. The fourth-order valence-corrected chi connectivity index (χ4v) is 1.69. The first-order chi connectivity index (χ1) is 7.47. The second kappa shape index (κ2) is 5.34. The smallest absolute Gasteiger partial charge is 0.250 e. The molecule has 1 aliphatic heterocycles. The Hall–Kier alpha value is -1.04. The quantitative estimate of drug-likeness (QED) is 0.715. The third-order valence-electron chi connectivity index (χ3n) is 2.73. The van der Waals surface area contributed by atoms with Crippen molar-refractivity contribution in [3.8, 4) is 0 Å². The second-order valence-corrected chi connectivity index (χ2v) is 3.92. The fraction of sp³-hybridized carbons (Fsp3) is 0.800. The number of alkyl halides is 2. The molecule has 4 nitrogen and oxygen atoms in total. The molecule has 1 heterocycles. The largest absolute Gasteiger partial charge is 0.300 e. The van der Waals surface area contributed by atoms with Gasteiger partial charge in [-0.1, -0.05) is 6.92 Å². The second-order valence-electron chi connectivity index (χ2n) is 3.92. The Labute approximate surface area is 93.0 Å². The molecule has 92 valence electrons. The van der Waals surface area contributed by atoms with Gasteiger partial charge in [-0.25, -0.2) is 8.78 Å². The average Bonchev–Trinajstić information content (AvgIpc) is 2.50. The number of halogens is 2. The molecule has 2 amide bonds. The van der Waals surface area contributed by atoms with E-state index < -0.39 is 19.0 Å². The molecule has 0 aromatic carbocycles. The Kier molecular flexibility index (Phi) is 4.35. The van der Waals surface area contributed by atoms with Gasteiger partial charge in [0.2, 0.25) is 11.8 Å². The van der Waals surface area contributed by atoms with Gasteiger partial charge in [-0.15, -0.1) is 0 Å². The SMILES string of the molecule is CCC(C)N1C(=O)CC(NCC(F)F)C1=O. The summed E-state index contributed by atoms with van der Waals surface area (Å²) in [4.78, 5) is 24.4. The molecule has 0 aromatic rings. The highest BCUT2D eigenvalue weighted by Crippen LogP contribution is 2.17. The van der Waals surface area contributed by atoms with E-state index in [4.69, 9.17) is 0 Å². The molecule has 0 aromatic heterocycles. The lowest BCUT2D eigenvalue weighted by Crippen LogP contribution is -2.43.